The molecule has 0 fully saturated rings. The van der Waals surface area contributed by atoms with E-state index in [1.165, 1.54) is 5.56 Å². The Hall–Kier alpha value is -2.37. The molecule has 128 valence electrons. The van der Waals surface area contributed by atoms with Crippen molar-refractivity contribution in [3.05, 3.63) is 70.8 Å². The van der Waals surface area contributed by atoms with Gasteiger partial charge in [0, 0.05) is 19.6 Å². The van der Waals surface area contributed by atoms with Gasteiger partial charge in [0.05, 0.1) is 6.61 Å². The zero-order valence-electron chi connectivity index (χ0n) is 14.2. The molecular weight excluding hydrogens is 302 g/mol. The number of urea groups is 1. The molecule has 0 unspecified atom stereocenters. The number of rotatable bonds is 7. The van der Waals surface area contributed by atoms with E-state index in [9.17, 15) is 9.90 Å². The zero-order chi connectivity index (χ0) is 17.4. The number of aliphatic hydroxyl groups is 1. The number of hydrogen-bond acceptors (Lipinski definition) is 3. The van der Waals surface area contributed by atoms with E-state index in [0.717, 1.165) is 23.2 Å². The first-order valence-corrected chi connectivity index (χ1v) is 8.01. The molecule has 5 nitrogen and oxygen atoms in total. The van der Waals surface area contributed by atoms with E-state index in [1.807, 2.05) is 56.6 Å². The van der Waals surface area contributed by atoms with Gasteiger partial charge in [-0.15, -0.1) is 0 Å². The van der Waals surface area contributed by atoms with Crippen LogP contribution >= 0.6 is 0 Å². The minimum atomic E-state index is -0.220. The lowest BCUT2D eigenvalue weighted by Gasteiger charge is -2.15. The molecule has 0 atom stereocenters. The van der Waals surface area contributed by atoms with Crippen molar-refractivity contribution in [2.45, 2.75) is 26.2 Å². The summed E-state index contributed by atoms with van der Waals surface area (Å²) in [5, 5.41) is 15.0. The molecule has 0 aliphatic rings. The predicted molar refractivity (Wildman–Crippen MR) is 95.3 cm³/mol. The first-order valence-electron chi connectivity index (χ1n) is 8.01. The smallest absolute Gasteiger partial charge is 0.315 e. The van der Waals surface area contributed by atoms with Gasteiger partial charge >= 0.3 is 6.03 Å². The molecule has 0 aliphatic heterocycles. The first kappa shape index (κ1) is 18.0. The molecule has 0 bridgehead atoms. The topological polar surface area (TPSA) is 64.6 Å². The Kier molecular flexibility index (Phi) is 6.78. The first-order chi connectivity index (χ1) is 11.6. The van der Waals surface area contributed by atoms with Crippen LogP contribution in [-0.2, 0) is 26.2 Å². The van der Waals surface area contributed by atoms with Gasteiger partial charge in [0.25, 0.3) is 0 Å². The molecule has 24 heavy (non-hydrogen) atoms. The highest BCUT2D eigenvalue weighted by molar-refractivity contribution is 5.73. The molecule has 2 aromatic carbocycles. The van der Waals surface area contributed by atoms with Crippen molar-refractivity contribution >= 4 is 6.03 Å². The average molecular weight is 327 g/mol. The SMILES string of the molecule is CN(C)Cc1ccccc1CNC(=O)NCc1ccccc1CO. The summed E-state index contributed by atoms with van der Waals surface area (Å²) in [4.78, 5) is 14.1. The highest BCUT2D eigenvalue weighted by Crippen LogP contribution is 2.10. The van der Waals surface area contributed by atoms with Gasteiger partial charge in [-0.2, -0.15) is 0 Å². The number of carbonyl (C=O) groups is 1. The standard InChI is InChI=1S/C19H25N3O2/c1-22(2)13-17-9-5-3-7-15(17)11-20-19(24)21-12-16-8-4-6-10-18(16)14-23/h3-10,23H,11-14H2,1-2H3,(H2,20,21,24). The highest BCUT2D eigenvalue weighted by atomic mass is 16.3. The molecule has 3 N–H and O–H groups in total. The van der Waals surface area contributed by atoms with Crippen LogP contribution in [-0.4, -0.2) is 30.1 Å². The molecular formula is C19H25N3O2. The number of amides is 2. The van der Waals surface area contributed by atoms with Crippen LogP contribution in [0.1, 0.15) is 22.3 Å². The molecule has 2 amide bonds. The summed E-state index contributed by atoms with van der Waals surface area (Å²) >= 11 is 0. The lowest BCUT2D eigenvalue weighted by molar-refractivity contribution is 0.239. The van der Waals surface area contributed by atoms with Gasteiger partial charge in [0.2, 0.25) is 0 Å². The lowest BCUT2D eigenvalue weighted by Crippen LogP contribution is -2.35. The normalized spacial score (nSPS) is 10.7. The van der Waals surface area contributed by atoms with Crippen molar-refractivity contribution in [3.63, 3.8) is 0 Å². The van der Waals surface area contributed by atoms with Gasteiger partial charge in [-0.25, -0.2) is 4.79 Å². The van der Waals surface area contributed by atoms with Crippen molar-refractivity contribution in [3.8, 4) is 0 Å². The summed E-state index contributed by atoms with van der Waals surface area (Å²) in [6.07, 6.45) is 0. The molecule has 0 spiro atoms. The molecule has 0 radical (unpaired) electrons. The second-order valence-electron chi connectivity index (χ2n) is 5.97. The number of hydrogen-bond donors (Lipinski definition) is 3. The molecule has 2 rings (SSSR count). The van der Waals surface area contributed by atoms with Crippen LogP contribution < -0.4 is 10.6 Å². The minimum absolute atomic E-state index is 0.0304. The summed E-state index contributed by atoms with van der Waals surface area (Å²) in [6.45, 7) is 1.68. The molecule has 2 aromatic rings. The fraction of sp³-hybridized carbons (Fsp3) is 0.316. The molecule has 0 heterocycles. The predicted octanol–water partition coefficient (Wildman–Crippen LogP) is 2.24. The van der Waals surface area contributed by atoms with Crippen molar-refractivity contribution in [2.24, 2.45) is 0 Å². The Balaban J connectivity index is 1.87. The Morgan fingerprint density at radius 1 is 0.875 bits per heavy atom. The maximum atomic E-state index is 12.0. The maximum absolute atomic E-state index is 12.0. The average Bonchev–Trinajstić information content (AvgIpc) is 2.59. The Morgan fingerprint density at radius 2 is 1.33 bits per heavy atom. The van der Waals surface area contributed by atoms with Crippen molar-refractivity contribution in [1.82, 2.24) is 15.5 Å². The van der Waals surface area contributed by atoms with Crippen LogP contribution in [0.15, 0.2) is 48.5 Å². The lowest BCUT2D eigenvalue weighted by atomic mass is 10.1. The third-order valence-corrected chi connectivity index (χ3v) is 3.77. The Bertz CT molecular complexity index is 671. The van der Waals surface area contributed by atoms with Crippen LogP contribution in [0.4, 0.5) is 4.79 Å². The van der Waals surface area contributed by atoms with E-state index in [4.69, 9.17) is 0 Å². The van der Waals surface area contributed by atoms with Gasteiger partial charge in [-0.3, -0.25) is 0 Å². The number of aliphatic hydroxyl groups excluding tert-OH is 1. The zero-order valence-corrected chi connectivity index (χ0v) is 14.2. The molecule has 5 heteroatoms. The van der Waals surface area contributed by atoms with Crippen LogP contribution in [0, 0.1) is 0 Å². The van der Waals surface area contributed by atoms with Gasteiger partial charge in [0.1, 0.15) is 0 Å². The second kappa shape index (κ2) is 9.05. The van der Waals surface area contributed by atoms with Gasteiger partial charge in [-0.1, -0.05) is 48.5 Å². The van der Waals surface area contributed by atoms with Crippen LogP contribution in [0.2, 0.25) is 0 Å². The summed E-state index contributed by atoms with van der Waals surface area (Å²) in [7, 11) is 4.05. The fourth-order valence-corrected chi connectivity index (χ4v) is 2.52. The van der Waals surface area contributed by atoms with Gasteiger partial charge < -0.3 is 20.6 Å². The third kappa shape index (κ3) is 5.37. The summed E-state index contributed by atoms with van der Waals surface area (Å²) in [5.41, 5.74) is 4.06. The van der Waals surface area contributed by atoms with Crippen LogP contribution in [0.25, 0.3) is 0 Å². The van der Waals surface area contributed by atoms with Crippen LogP contribution in [0.5, 0.6) is 0 Å². The largest absolute Gasteiger partial charge is 0.392 e. The molecule has 0 aliphatic carbocycles. The summed E-state index contributed by atoms with van der Waals surface area (Å²) in [6, 6.07) is 15.4. The van der Waals surface area contributed by atoms with Crippen LogP contribution in [0.3, 0.4) is 0 Å². The molecule has 0 aromatic heterocycles. The number of carbonyl (C=O) groups excluding carboxylic acids is 1. The minimum Gasteiger partial charge on any atom is -0.392 e. The van der Waals surface area contributed by atoms with Gasteiger partial charge in [0.15, 0.2) is 0 Å². The number of nitrogens with one attached hydrogen (secondary N) is 2. The highest BCUT2D eigenvalue weighted by Gasteiger charge is 2.06. The molecule has 0 saturated heterocycles. The number of benzene rings is 2. The van der Waals surface area contributed by atoms with Crippen molar-refractivity contribution < 1.29 is 9.90 Å². The summed E-state index contributed by atoms with van der Waals surface area (Å²) < 4.78 is 0. The monoisotopic (exact) mass is 327 g/mol. The summed E-state index contributed by atoms with van der Waals surface area (Å²) in [5.74, 6) is 0. The maximum Gasteiger partial charge on any atom is 0.315 e. The van der Waals surface area contributed by atoms with E-state index in [1.54, 1.807) is 0 Å². The second-order valence-corrected chi connectivity index (χ2v) is 5.97. The van der Waals surface area contributed by atoms with E-state index >= 15 is 0 Å². The van der Waals surface area contributed by atoms with E-state index < -0.39 is 0 Å². The Morgan fingerprint density at radius 3 is 1.83 bits per heavy atom. The Labute approximate surface area is 143 Å². The van der Waals surface area contributed by atoms with Crippen molar-refractivity contribution in [1.29, 1.82) is 0 Å². The van der Waals surface area contributed by atoms with E-state index in [0.29, 0.717) is 13.1 Å². The van der Waals surface area contributed by atoms with Gasteiger partial charge in [-0.05, 0) is 36.3 Å². The van der Waals surface area contributed by atoms with Crippen molar-refractivity contribution in [2.75, 3.05) is 14.1 Å². The quantitative estimate of drug-likeness (QED) is 0.731. The van der Waals surface area contributed by atoms with E-state index in [-0.39, 0.29) is 12.6 Å². The third-order valence-electron chi connectivity index (χ3n) is 3.77. The number of nitrogens with zero attached hydrogens (tertiary/aromatic N) is 1. The fourth-order valence-electron chi connectivity index (χ4n) is 2.52. The molecule has 0 saturated carbocycles. The van der Waals surface area contributed by atoms with E-state index in [2.05, 4.69) is 21.6 Å².